The average Bonchev–Trinajstić information content (AvgIpc) is 3.34. The molecule has 4 aliphatic heterocycles. The third-order valence-corrected chi connectivity index (χ3v) is 7.55. The lowest BCUT2D eigenvalue weighted by molar-refractivity contribution is -0.121. The highest BCUT2D eigenvalue weighted by molar-refractivity contribution is 5.84. The summed E-state index contributed by atoms with van der Waals surface area (Å²) in [5, 5.41) is 0. The Morgan fingerprint density at radius 1 is 0.410 bits per heavy atom. The molecule has 0 radical (unpaired) electrons. The van der Waals surface area contributed by atoms with Gasteiger partial charge in [-0.25, -0.2) is 0 Å². The summed E-state index contributed by atoms with van der Waals surface area (Å²) in [5.74, 6) is 4.84. The predicted octanol–water partition coefficient (Wildman–Crippen LogP) is 16.2. The molecule has 4 aromatic rings. The van der Waals surface area contributed by atoms with Crippen molar-refractivity contribution < 1.29 is 28.5 Å². The van der Waals surface area contributed by atoms with E-state index in [1.807, 2.05) is 173 Å². The van der Waals surface area contributed by atoms with Crippen molar-refractivity contribution in [3.05, 3.63) is 118 Å². The second-order valence-electron chi connectivity index (χ2n) is 11.6. The van der Waals surface area contributed by atoms with Crippen LogP contribution >= 0.6 is 0 Å². The Bertz CT molecular complexity index is 1600. The number of hydrogen-bond acceptors (Lipinski definition) is 6. The Balaban J connectivity index is -0.000000319. The van der Waals surface area contributed by atoms with Crippen molar-refractivity contribution in [3.8, 4) is 28.7 Å². The molecule has 4 heterocycles. The van der Waals surface area contributed by atoms with E-state index in [1.165, 1.54) is 39.8 Å². The fraction of sp³-hybridized carbons (Fsp3) is 0.509. The summed E-state index contributed by atoms with van der Waals surface area (Å²) >= 11 is 0. The maximum absolute atomic E-state index is 11.0. The van der Waals surface area contributed by atoms with E-state index in [2.05, 4.69) is 50.3 Å². The molecule has 0 saturated carbocycles. The third-order valence-electron chi connectivity index (χ3n) is 7.55. The van der Waals surface area contributed by atoms with Crippen LogP contribution < -0.4 is 23.7 Å². The van der Waals surface area contributed by atoms with E-state index in [1.54, 1.807) is 0 Å². The summed E-state index contributed by atoms with van der Waals surface area (Å²) in [6, 6.07) is 24.5. The molecule has 61 heavy (non-hydrogen) atoms. The van der Waals surface area contributed by atoms with Crippen molar-refractivity contribution in [3.63, 3.8) is 0 Å². The SMILES string of the molecule is CC.CC.CC.CC.CC.CC.CC.CC.Cc1ccc2c(c1)C=CCO2.Cc1ccc2c(c1)CC(=O)CO2.Cc1ccc2c(c1)CCCO2.Cc1ccc2c(c1)OCCO2. The van der Waals surface area contributed by atoms with Crippen molar-refractivity contribution in [2.75, 3.05) is 33.0 Å². The van der Waals surface area contributed by atoms with Crippen LogP contribution in [0.3, 0.4) is 0 Å². The van der Waals surface area contributed by atoms with Crippen LogP contribution in [0, 0.1) is 27.7 Å². The van der Waals surface area contributed by atoms with Crippen LogP contribution in [0.1, 0.15) is 156 Å². The molecule has 0 spiro atoms. The predicted molar refractivity (Wildman–Crippen MR) is 269 cm³/mol. The van der Waals surface area contributed by atoms with Crippen LogP contribution in [0.5, 0.6) is 28.7 Å². The number of ketones is 1. The van der Waals surface area contributed by atoms with Gasteiger partial charge in [-0.1, -0.05) is 170 Å². The third kappa shape index (κ3) is 26.3. The van der Waals surface area contributed by atoms with Gasteiger partial charge in [-0.2, -0.15) is 0 Å². The average molecular weight is 847 g/mol. The molecule has 0 unspecified atom stereocenters. The van der Waals surface area contributed by atoms with Crippen molar-refractivity contribution >= 4 is 11.9 Å². The summed E-state index contributed by atoms with van der Waals surface area (Å²) < 4.78 is 26.8. The normalized spacial score (nSPS) is 11.7. The molecule has 4 aromatic carbocycles. The molecule has 4 aliphatic rings. The van der Waals surface area contributed by atoms with E-state index in [0.29, 0.717) is 26.2 Å². The molecule has 0 aliphatic carbocycles. The zero-order valence-electron chi connectivity index (χ0n) is 42.7. The molecule has 0 amide bonds. The minimum absolute atomic E-state index is 0.160. The van der Waals surface area contributed by atoms with Crippen LogP contribution in [-0.4, -0.2) is 38.8 Å². The quantitative estimate of drug-likeness (QED) is 0.176. The molecule has 0 saturated heterocycles. The largest absolute Gasteiger partial charge is 0.493 e. The monoisotopic (exact) mass is 847 g/mol. The lowest BCUT2D eigenvalue weighted by Crippen LogP contribution is -2.20. The molecule has 0 fully saturated rings. The number of carbonyl (C=O) groups is 1. The molecule has 8 rings (SSSR count). The maximum Gasteiger partial charge on any atom is 0.174 e. The number of carbonyl (C=O) groups excluding carboxylic acids is 1. The minimum Gasteiger partial charge on any atom is -0.493 e. The number of ether oxygens (including phenoxy) is 5. The minimum atomic E-state index is 0.160. The summed E-state index contributed by atoms with van der Waals surface area (Å²) in [6.45, 7) is 43.4. The van der Waals surface area contributed by atoms with Gasteiger partial charge >= 0.3 is 0 Å². The van der Waals surface area contributed by atoms with Crippen LogP contribution in [-0.2, 0) is 17.6 Å². The molecular formula is C55H90O6. The molecule has 0 N–H and O–H groups in total. The van der Waals surface area contributed by atoms with E-state index in [4.69, 9.17) is 23.7 Å². The first-order valence-electron chi connectivity index (χ1n) is 23.6. The van der Waals surface area contributed by atoms with E-state index < -0.39 is 0 Å². The van der Waals surface area contributed by atoms with Crippen molar-refractivity contribution in [1.82, 2.24) is 0 Å². The Morgan fingerprint density at radius 2 is 0.836 bits per heavy atom. The smallest absolute Gasteiger partial charge is 0.174 e. The van der Waals surface area contributed by atoms with E-state index in [0.717, 1.165) is 47.3 Å². The van der Waals surface area contributed by atoms with E-state index in [-0.39, 0.29) is 12.4 Å². The molecule has 0 bridgehead atoms. The Hall–Kier alpha value is -4.71. The first kappa shape index (κ1) is 62.9. The van der Waals surface area contributed by atoms with Crippen LogP contribution in [0.15, 0.2) is 78.9 Å². The molecule has 6 heteroatoms. The van der Waals surface area contributed by atoms with Gasteiger partial charge in [0.05, 0.1) is 6.61 Å². The highest BCUT2D eigenvalue weighted by Crippen LogP contribution is 2.30. The van der Waals surface area contributed by atoms with Gasteiger partial charge in [0.15, 0.2) is 17.3 Å². The first-order valence-corrected chi connectivity index (χ1v) is 23.6. The zero-order valence-corrected chi connectivity index (χ0v) is 42.7. The van der Waals surface area contributed by atoms with Crippen LogP contribution in [0.2, 0.25) is 0 Å². The summed E-state index contributed by atoms with van der Waals surface area (Å²) in [5.41, 5.74) is 8.56. The topological polar surface area (TPSA) is 63.2 Å². The van der Waals surface area contributed by atoms with Crippen molar-refractivity contribution in [1.29, 1.82) is 0 Å². The lowest BCUT2D eigenvalue weighted by atomic mass is 10.0. The van der Waals surface area contributed by atoms with Gasteiger partial charge in [-0.05, 0) is 94.1 Å². The Morgan fingerprint density at radius 3 is 1.39 bits per heavy atom. The number of benzene rings is 4. The van der Waals surface area contributed by atoms with Crippen LogP contribution in [0.25, 0.3) is 6.08 Å². The van der Waals surface area contributed by atoms with E-state index >= 15 is 0 Å². The van der Waals surface area contributed by atoms with Gasteiger partial charge in [0.2, 0.25) is 0 Å². The number of rotatable bonds is 0. The molecular weight excluding hydrogens is 757 g/mol. The second kappa shape index (κ2) is 43.4. The maximum atomic E-state index is 11.0. The van der Waals surface area contributed by atoms with Gasteiger partial charge in [0.25, 0.3) is 0 Å². The highest BCUT2D eigenvalue weighted by Gasteiger charge is 2.16. The van der Waals surface area contributed by atoms with Gasteiger partial charge in [-0.15, -0.1) is 0 Å². The van der Waals surface area contributed by atoms with Gasteiger partial charge in [0.1, 0.15) is 43.7 Å². The number of hydrogen-bond donors (Lipinski definition) is 0. The fourth-order valence-corrected chi connectivity index (χ4v) is 5.29. The number of aryl methyl sites for hydroxylation is 5. The van der Waals surface area contributed by atoms with Gasteiger partial charge in [0, 0.05) is 17.5 Å². The van der Waals surface area contributed by atoms with Crippen LogP contribution in [0.4, 0.5) is 0 Å². The van der Waals surface area contributed by atoms with Crippen molar-refractivity contribution in [2.24, 2.45) is 0 Å². The van der Waals surface area contributed by atoms with Gasteiger partial charge in [-0.3, -0.25) is 4.79 Å². The molecule has 0 aromatic heterocycles. The molecule has 0 atom stereocenters. The lowest BCUT2D eigenvalue weighted by Gasteiger charge is -2.18. The highest BCUT2D eigenvalue weighted by atomic mass is 16.6. The van der Waals surface area contributed by atoms with Gasteiger partial charge < -0.3 is 23.7 Å². The second-order valence-corrected chi connectivity index (χ2v) is 11.6. The summed E-state index contributed by atoms with van der Waals surface area (Å²) in [4.78, 5) is 11.0. The number of fused-ring (bicyclic) bond motifs is 4. The standard InChI is InChI=1S/C10H10O2.C10H12O.C10H10O.C9H10O2.8C2H6/c1-7-2-3-10-8(4-7)5-9(11)6-12-10;2*1-8-4-5-10-9(7-8)3-2-6-11-10;1-7-2-3-8-9(6-7)11-5-4-10-8;8*1-2/h2-4H,5-6H2,1H3;4-5,7H,2-3,6H2,1H3;2-5,7H,6H2,1H3;2-3,6H,4-5H2,1H3;8*1-2H3. The Labute approximate surface area is 376 Å². The molecule has 6 nitrogen and oxygen atoms in total. The Kier molecular flexibility index (Phi) is 44.8. The zero-order chi connectivity index (χ0) is 47.6. The van der Waals surface area contributed by atoms with Crippen molar-refractivity contribution in [2.45, 2.75) is 158 Å². The number of Topliss-reactive ketones (excluding diaryl/α,β-unsaturated/α-hetero) is 1. The summed E-state index contributed by atoms with van der Waals surface area (Å²) in [7, 11) is 0. The molecule has 346 valence electrons. The fourth-order valence-electron chi connectivity index (χ4n) is 5.29. The first-order chi connectivity index (χ1) is 29.8. The summed E-state index contributed by atoms with van der Waals surface area (Å²) in [6.07, 6.45) is 7.00. The van der Waals surface area contributed by atoms with E-state index in [9.17, 15) is 4.79 Å².